The van der Waals surface area contributed by atoms with Crippen molar-refractivity contribution in [3.8, 4) is 22.8 Å². The van der Waals surface area contributed by atoms with Crippen LogP contribution >= 0.6 is 0 Å². The van der Waals surface area contributed by atoms with Gasteiger partial charge in [0.05, 0.1) is 0 Å². The molecule has 2 N–H and O–H groups in total. The molecule has 0 saturated heterocycles. The van der Waals surface area contributed by atoms with E-state index in [0.717, 1.165) is 11.1 Å². The van der Waals surface area contributed by atoms with Crippen LogP contribution in [0.4, 0.5) is 10.1 Å². The van der Waals surface area contributed by atoms with Crippen molar-refractivity contribution >= 4 is 5.69 Å². The molecular formula is C16H14FN3O. The summed E-state index contributed by atoms with van der Waals surface area (Å²) in [5.41, 5.74) is 9.32. The summed E-state index contributed by atoms with van der Waals surface area (Å²) in [6.07, 6.45) is 0. The third kappa shape index (κ3) is 2.50. The molecule has 1 heterocycles. The molecule has 3 aromatic rings. The van der Waals surface area contributed by atoms with Gasteiger partial charge in [0.2, 0.25) is 5.82 Å². The van der Waals surface area contributed by atoms with Gasteiger partial charge in [-0.15, -0.1) is 0 Å². The Labute approximate surface area is 121 Å². The predicted molar refractivity (Wildman–Crippen MR) is 79.0 cm³/mol. The summed E-state index contributed by atoms with van der Waals surface area (Å²) in [5, 5.41) is 3.91. The zero-order valence-electron chi connectivity index (χ0n) is 11.7. The topological polar surface area (TPSA) is 64.9 Å². The number of nitrogens with zero attached hydrogens (tertiary/aromatic N) is 2. The van der Waals surface area contributed by atoms with Crippen LogP contribution in [-0.2, 0) is 0 Å². The van der Waals surface area contributed by atoms with E-state index in [0.29, 0.717) is 28.5 Å². The van der Waals surface area contributed by atoms with E-state index < -0.39 is 0 Å². The first kappa shape index (κ1) is 13.3. The number of benzene rings is 2. The molecule has 0 saturated carbocycles. The third-order valence-electron chi connectivity index (χ3n) is 3.35. The molecule has 0 atom stereocenters. The average molecular weight is 283 g/mol. The van der Waals surface area contributed by atoms with Crippen molar-refractivity contribution in [1.29, 1.82) is 0 Å². The number of hydrogen-bond acceptors (Lipinski definition) is 4. The Kier molecular flexibility index (Phi) is 3.17. The van der Waals surface area contributed by atoms with Crippen LogP contribution < -0.4 is 5.73 Å². The number of aromatic nitrogens is 2. The van der Waals surface area contributed by atoms with Crippen molar-refractivity contribution in [2.45, 2.75) is 13.8 Å². The lowest BCUT2D eigenvalue weighted by atomic mass is 10.1. The summed E-state index contributed by atoms with van der Waals surface area (Å²) in [6.45, 7) is 3.64. The summed E-state index contributed by atoms with van der Waals surface area (Å²) in [6, 6.07) is 10.3. The number of rotatable bonds is 2. The van der Waals surface area contributed by atoms with E-state index in [9.17, 15) is 4.39 Å². The van der Waals surface area contributed by atoms with Crippen LogP contribution in [0.2, 0.25) is 0 Å². The summed E-state index contributed by atoms with van der Waals surface area (Å²) < 4.78 is 18.9. The van der Waals surface area contributed by atoms with Gasteiger partial charge in [-0.3, -0.25) is 0 Å². The highest BCUT2D eigenvalue weighted by Gasteiger charge is 2.13. The fraction of sp³-hybridized carbons (Fsp3) is 0.125. The van der Waals surface area contributed by atoms with Crippen molar-refractivity contribution in [3.05, 3.63) is 53.3 Å². The Morgan fingerprint density at radius 2 is 1.81 bits per heavy atom. The van der Waals surface area contributed by atoms with Crippen molar-refractivity contribution in [3.63, 3.8) is 0 Å². The molecule has 0 bridgehead atoms. The highest BCUT2D eigenvalue weighted by Crippen LogP contribution is 2.27. The van der Waals surface area contributed by atoms with Crippen LogP contribution in [0.3, 0.4) is 0 Å². The Bertz CT molecular complexity index is 811. The quantitative estimate of drug-likeness (QED) is 0.727. The summed E-state index contributed by atoms with van der Waals surface area (Å²) in [4.78, 5) is 4.32. The zero-order chi connectivity index (χ0) is 15.0. The molecule has 3 rings (SSSR count). The maximum Gasteiger partial charge on any atom is 0.258 e. The minimum Gasteiger partial charge on any atom is -0.399 e. The number of aryl methyl sites for hydroxylation is 2. The largest absolute Gasteiger partial charge is 0.399 e. The number of hydrogen-bond donors (Lipinski definition) is 1. The van der Waals surface area contributed by atoms with Crippen LogP contribution in [0.1, 0.15) is 11.1 Å². The fourth-order valence-electron chi connectivity index (χ4n) is 2.05. The van der Waals surface area contributed by atoms with Gasteiger partial charge < -0.3 is 10.3 Å². The molecule has 2 aromatic carbocycles. The molecule has 0 unspecified atom stereocenters. The lowest BCUT2D eigenvalue weighted by Crippen LogP contribution is -1.89. The van der Waals surface area contributed by atoms with Gasteiger partial charge in [0.15, 0.2) is 0 Å². The van der Waals surface area contributed by atoms with Crippen molar-refractivity contribution in [2.24, 2.45) is 0 Å². The lowest BCUT2D eigenvalue weighted by Gasteiger charge is -2.01. The van der Waals surface area contributed by atoms with E-state index in [-0.39, 0.29) is 5.82 Å². The summed E-state index contributed by atoms with van der Waals surface area (Å²) in [5.74, 6) is 0.431. The maximum absolute atomic E-state index is 13.6. The van der Waals surface area contributed by atoms with E-state index in [1.54, 1.807) is 25.1 Å². The number of nitrogen functional groups attached to an aromatic ring is 1. The van der Waals surface area contributed by atoms with Crippen LogP contribution in [0.25, 0.3) is 22.8 Å². The minimum atomic E-state index is -0.293. The zero-order valence-corrected chi connectivity index (χ0v) is 11.7. The van der Waals surface area contributed by atoms with Gasteiger partial charge in [0.25, 0.3) is 5.89 Å². The van der Waals surface area contributed by atoms with E-state index >= 15 is 0 Å². The van der Waals surface area contributed by atoms with Gasteiger partial charge >= 0.3 is 0 Å². The van der Waals surface area contributed by atoms with Gasteiger partial charge in [-0.05, 0) is 43.2 Å². The number of anilines is 1. The lowest BCUT2D eigenvalue weighted by molar-refractivity contribution is 0.432. The molecule has 0 aliphatic carbocycles. The molecule has 4 nitrogen and oxygen atoms in total. The van der Waals surface area contributed by atoms with Gasteiger partial charge in [-0.25, -0.2) is 4.39 Å². The molecule has 0 amide bonds. The summed E-state index contributed by atoms with van der Waals surface area (Å²) >= 11 is 0. The first-order chi connectivity index (χ1) is 10.0. The van der Waals surface area contributed by atoms with Gasteiger partial charge in [-0.1, -0.05) is 23.4 Å². The molecule has 0 spiro atoms. The second-order valence-electron chi connectivity index (χ2n) is 4.96. The highest BCUT2D eigenvalue weighted by atomic mass is 19.1. The monoisotopic (exact) mass is 283 g/mol. The molecule has 0 aliphatic heterocycles. The van der Waals surface area contributed by atoms with Gasteiger partial charge in [-0.2, -0.15) is 4.98 Å². The van der Waals surface area contributed by atoms with Gasteiger partial charge in [0, 0.05) is 16.8 Å². The van der Waals surface area contributed by atoms with Crippen LogP contribution in [0.15, 0.2) is 40.9 Å². The Morgan fingerprint density at radius 1 is 1.05 bits per heavy atom. The average Bonchev–Trinajstić information content (AvgIpc) is 2.94. The second kappa shape index (κ2) is 5.01. The van der Waals surface area contributed by atoms with Crippen molar-refractivity contribution in [1.82, 2.24) is 10.1 Å². The van der Waals surface area contributed by atoms with Crippen LogP contribution in [0, 0.1) is 19.7 Å². The predicted octanol–water partition coefficient (Wildman–Crippen LogP) is 3.74. The number of nitrogens with two attached hydrogens (primary N) is 1. The third-order valence-corrected chi connectivity index (χ3v) is 3.35. The normalized spacial score (nSPS) is 10.8. The molecule has 106 valence electrons. The van der Waals surface area contributed by atoms with Gasteiger partial charge in [0.1, 0.15) is 5.82 Å². The number of halogens is 1. The molecule has 0 radical (unpaired) electrons. The van der Waals surface area contributed by atoms with E-state index in [4.69, 9.17) is 10.3 Å². The summed E-state index contributed by atoms with van der Waals surface area (Å²) in [7, 11) is 0. The smallest absolute Gasteiger partial charge is 0.258 e. The first-order valence-electron chi connectivity index (χ1n) is 6.51. The minimum absolute atomic E-state index is 0.293. The Balaban J connectivity index is 2.03. The highest BCUT2D eigenvalue weighted by molar-refractivity contribution is 5.66. The van der Waals surface area contributed by atoms with Crippen molar-refractivity contribution < 1.29 is 8.91 Å². The molecule has 1 aromatic heterocycles. The standard InChI is InChI=1S/C16H14FN3O/c1-9-4-6-12(18)8-13(9)16-19-15(20-21-16)11-5-3-10(2)14(17)7-11/h3-8H,18H2,1-2H3. The van der Waals surface area contributed by atoms with Crippen molar-refractivity contribution in [2.75, 3.05) is 5.73 Å². The molecule has 5 heteroatoms. The van der Waals surface area contributed by atoms with E-state index in [1.165, 1.54) is 6.07 Å². The molecule has 0 fully saturated rings. The SMILES string of the molecule is Cc1ccc(-c2noc(-c3cc(N)ccc3C)n2)cc1F. The maximum atomic E-state index is 13.6. The molecule has 21 heavy (non-hydrogen) atoms. The molecule has 0 aliphatic rings. The fourth-order valence-corrected chi connectivity index (χ4v) is 2.05. The molecular weight excluding hydrogens is 269 g/mol. The van der Waals surface area contributed by atoms with E-state index in [2.05, 4.69) is 10.1 Å². The van der Waals surface area contributed by atoms with E-state index in [1.807, 2.05) is 19.1 Å². The Hall–Kier alpha value is -2.69. The van der Waals surface area contributed by atoms with Crippen LogP contribution in [0.5, 0.6) is 0 Å². The second-order valence-corrected chi connectivity index (χ2v) is 4.96. The Morgan fingerprint density at radius 3 is 2.57 bits per heavy atom. The van der Waals surface area contributed by atoms with Crippen LogP contribution in [-0.4, -0.2) is 10.1 Å². The first-order valence-corrected chi connectivity index (χ1v) is 6.51.